The topological polar surface area (TPSA) is 41.1 Å². The molecule has 92 valence electrons. The summed E-state index contributed by atoms with van der Waals surface area (Å²) in [7, 11) is 0. The van der Waals surface area contributed by atoms with E-state index in [1.54, 1.807) is 0 Å². The first-order valence-corrected chi connectivity index (χ1v) is 6.32. The lowest BCUT2D eigenvalue weighted by Crippen LogP contribution is -2.27. The van der Waals surface area contributed by atoms with Gasteiger partial charge in [-0.2, -0.15) is 0 Å². The van der Waals surface area contributed by atoms with Gasteiger partial charge < -0.3 is 10.6 Å². The zero-order valence-electron chi connectivity index (χ0n) is 9.92. The highest BCUT2D eigenvalue weighted by Crippen LogP contribution is 2.20. The van der Waals surface area contributed by atoms with Crippen LogP contribution in [0.15, 0.2) is 18.2 Å². The highest BCUT2D eigenvalue weighted by Gasteiger charge is 2.22. The van der Waals surface area contributed by atoms with Crippen LogP contribution >= 0.6 is 11.6 Å². The SMILES string of the molecule is Cc1cc(Cl)ccc1NCCC(=O)NC1CC1. The maximum atomic E-state index is 11.5. The molecule has 1 amide bonds. The van der Waals surface area contributed by atoms with Gasteiger partial charge in [0, 0.05) is 29.7 Å². The molecule has 0 spiro atoms. The Bertz CT molecular complexity index is 416. The molecule has 0 aromatic heterocycles. The van der Waals surface area contributed by atoms with Gasteiger partial charge in [-0.05, 0) is 43.5 Å². The summed E-state index contributed by atoms with van der Waals surface area (Å²) in [5.74, 6) is 0.131. The van der Waals surface area contributed by atoms with E-state index in [1.165, 1.54) is 0 Å². The molecule has 3 nitrogen and oxygen atoms in total. The molecule has 1 aliphatic carbocycles. The minimum atomic E-state index is 0.131. The third kappa shape index (κ3) is 3.93. The molecule has 0 heterocycles. The fraction of sp³-hybridized carbons (Fsp3) is 0.462. The van der Waals surface area contributed by atoms with Crippen LogP contribution in [0, 0.1) is 6.92 Å². The van der Waals surface area contributed by atoms with Gasteiger partial charge in [0.25, 0.3) is 0 Å². The average molecular weight is 253 g/mol. The van der Waals surface area contributed by atoms with E-state index in [-0.39, 0.29) is 5.91 Å². The Balaban J connectivity index is 1.75. The Morgan fingerprint density at radius 2 is 2.24 bits per heavy atom. The smallest absolute Gasteiger partial charge is 0.221 e. The number of nitrogens with one attached hydrogen (secondary N) is 2. The summed E-state index contributed by atoms with van der Waals surface area (Å²) in [6, 6.07) is 6.14. The third-order valence-corrected chi connectivity index (χ3v) is 3.03. The Morgan fingerprint density at radius 3 is 2.88 bits per heavy atom. The predicted molar refractivity (Wildman–Crippen MR) is 70.5 cm³/mol. The van der Waals surface area contributed by atoms with Gasteiger partial charge in [0.1, 0.15) is 0 Å². The highest BCUT2D eigenvalue weighted by atomic mass is 35.5. The number of amides is 1. The van der Waals surface area contributed by atoms with Crippen molar-refractivity contribution >= 4 is 23.2 Å². The van der Waals surface area contributed by atoms with Crippen LogP contribution in [0.3, 0.4) is 0 Å². The molecule has 17 heavy (non-hydrogen) atoms. The van der Waals surface area contributed by atoms with Crippen LogP contribution in [0.4, 0.5) is 5.69 Å². The lowest BCUT2D eigenvalue weighted by atomic mass is 10.2. The second kappa shape index (κ2) is 5.41. The molecule has 1 aliphatic rings. The van der Waals surface area contributed by atoms with Crippen molar-refractivity contribution in [2.75, 3.05) is 11.9 Å². The molecule has 1 aromatic carbocycles. The van der Waals surface area contributed by atoms with Crippen molar-refractivity contribution in [2.45, 2.75) is 32.2 Å². The van der Waals surface area contributed by atoms with E-state index < -0.39 is 0 Å². The van der Waals surface area contributed by atoms with Crippen molar-refractivity contribution < 1.29 is 4.79 Å². The number of benzene rings is 1. The van der Waals surface area contributed by atoms with Crippen molar-refractivity contribution in [1.82, 2.24) is 5.32 Å². The third-order valence-electron chi connectivity index (χ3n) is 2.80. The first kappa shape index (κ1) is 12.2. The number of aryl methyl sites for hydroxylation is 1. The molecule has 2 N–H and O–H groups in total. The zero-order valence-corrected chi connectivity index (χ0v) is 10.7. The van der Waals surface area contributed by atoms with Crippen molar-refractivity contribution in [3.63, 3.8) is 0 Å². The lowest BCUT2D eigenvalue weighted by Gasteiger charge is -2.09. The summed E-state index contributed by atoms with van der Waals surface area (Å²) in [5, 5.41) is 6.94. The average Bonchev–Trinajstić information content (AvgIpc) is 3.05. The Hall–Kier alpha value is -1.22. The molecule has 2 rings (SSSR count). The predicted octanol–water partition coefficient (Wildman–Crippen LogP) is 2.73. The summed E-state index contributed by atoms with van der Waals surface area (Å²) in [5.41, 5.74) is 2.13. The molecule has 0 atom stereocenters. The minimum absolute atomic E-state index is 0.131. The lowest BCUT2D eigenvalue weighted by molar-refractivity contribution is -0.120. The molecule has 0 unspecified atom stereocenters. The van der Waals surface area contributed by atoms with Gasteiger partial charge in [-0.25, -0.2) is 0 Å². The number of carbonyl (C=O) groups is 1. The number of hydrogen-bond acceptors (Lipinski definition) is 2. The number of hydrogen-bond donors (Lipinski definition) is 2. The molecule has 1 aromatic rings. The van der Waals surface area contributed by atoms with E-state index >= 15 is 0 Å². The van der Waals surface area contributed by atoms with Crippen molar-refractivity contribution in [2.24, 2.45) is 0 Å². The molecule has 1 saturated carbocycles. The van der Waals surface area contributed by atoms with Gasteiger partial charge in [0.05, 0.1) is 0 Å². The maximum Gasteiger partial charge on any atom is 0.221 e. The van der Waals surface area contributed by atoms with Crippen molar-refractivity contribution in [1.29, 1.82) is 0 Å². The van der Waals surface area contributed by atoms with Crippen LogP contribution in [0.5, 0.6) is 0 Å². The number of anilines is 1. The van der Waals surface area contributed by atoms with Gasteiger partial charge >= 0.3 is 0 Å². The fourth-order valence-corrected chi connectivity index (χ4v) is 1.89. The molecule has 4 heteroatoms. The summed E-state index contributed by atoms with van der Waals surface area (Å²) in [4.78, 5) is 11.5. The van der Waals surface area contributed by atoms with E-state index in [1.807, 2.05) is 25.1 Å². The van der Waals surface area contributed by atoms with E-state index in [4.69, 9.17) is 11.6 Å². The fourth-order valence-electron chi connectivity index (χ4n) is 1.66. The standard InChI is InChI=1S/C13H17ClN2O/c1-9-8-10(14)2-5-12(9)15-7-6-13(17)16-11-3-4-11/h2,5,8,11,15H,3-4,6-7H2,1H3,(H,16,17). The molecule has 0 radical (unpaired) electrons. The number of carbonyl (C=O) groups excluding carboxylic acids is 1. The first-order valence-electron chi connectivity index (χ1n) is 5.94. The Kier molecular flexibility index (Phi) is 3.89. The van der Waals surface area contributed by atoms with Gasteiger partial charge in [-0.1, -0.05) is 11.6 Å². The molecule has 1 fully saturated rings. The van der Waals surface area contributed by atoms with Gasteiger partial charge in [-0.15, -0.1) is 0 Å². The van der Waals surface area contributed by atoms with Crippen molar-refractivity contribution in [3.05, 3.63) is 28.8 Å². The molecule has 0 saturated heterocycles. The van der Waals surface area contributed by atoms with Crippen LogP contribution < -0.4 is 10.6 Å². The van der Waals surface area contributed by atoms with Crippen molar-refractivity contribution in [3.8, 4) is 0 Å². The molecule has 0 aliphatic heterocycles. The maximum absolute atomic E-state index is 11.5. The van der Waals surface area contributed by atoms with Crippen LogP contribution in [0.2, 0.25) is 5.02 Å². The molecular formula is C13H17ClN2O. The van der Waals surface area contributed by atoms with Crippen LogP contribution in [0.25, 0.3) is 0 Å². The van der Waals surface area contributed by atoms with E-state index in [2.05, 4.69) is 10.6 Å². The quantitative estimate of drug-likeness (QED) is 0.846. The molecule has 0 bridgehead atoms. The van der Waals surface area contributed by atoms with Crippen LogP contribution in [0.1, 0.15) is 24.8 Å². The normalized spacial score (nSPS) is 14.5. The summed E-state index contributed by atoms with van der Waals surface area (Å²) >= 11 is 5.87. The monoisotopic (exact) mass is 252 g/mol. The Labute approximate surface area is 107 Å². The second-order valence-corrected chi connectivity index (χ2v) is 4.91. The van der Waals surface area contributed by atoms with E-state index in [0.29, 0.717) is 19.0 Å². The summed E-state index contributed by atoms with van der Waals surface area (Å²) < 4.78 is 0. The first-order chi connectivity index (χ1) is 8.15. The largest absolute Gasteiger partial charge is 0.384 e. The summed E-state index contributed by atoms with van der Waals surface area (Å²) in [6.45, 7) is 2.65. The van der Waals surface area contributed by atoms with Gasteiger partial charge in [-0.3, -0.25) is 4.79 Å². The molecular weight excluding hydrogens is 236 g/mol. The summed E-state index contributed by atoms with van der Waals surface area (Å²) in [6.07, 6.45) is 2.78. The van der Waals surface area contributed by atoms with Gasteiger partial charge in [0.2, 0.25) is 5.91 Å². The van der Waals surface area contributed by atoms with E-state index in [9.17, 15) is 4.79 Å². The minimum Gasteiger partial charge on any atom is -0.384 e. The number of rotatable bonds is 5. The van der Waals surface area contributed by atoms with E-state index in [0.717, 1.165) is 29.1 Å². The van der Waals surface area contributed by atoms with Crippen LogP contribution in [-0.2, 0) is 4.79 Å². The van der Waals surface area contributed by atoms with Gasteiger partial charge in [0.15, 0.2) is 0 Å². The Morgan fingerprint density at radius 1 is 1.47 bits per heavy atom. The number of halogens is 1. The highest BCUT2D eigenvalue weighted by molar-refractivity contribution is 6.30. The second-order valence-electron chi connectivity index (χ2n) is 4.48. The zero-order chi connectivity index (χ0) is 12.3. The van der Waals surface area contributed by atoms with Crippen LogP contribution in [-0.4, -0.2) is 18.5 Å².